The first kappa shape index (κ1) is 16.0. The van der Waals surface area contributed by atoms with Crippen molar-refractivity contribution in [2.24, 2.45) is 9.98 Å². The molecule has 0 bridgehead atoms. The molecule has 16 heavy (non-hydrogen) atoms. The molecular weight excluding hydrogens is 387 g/mol. The van der Waals surface area contributed by atoms with E-state index >= 15 is 0 Å². The van der Waals surface area contributed by atoms with Crippen LogP contribution in [0, 0.1) is 0 Å². The maximum atomic E-state index is 10.1. The largest absolute Gasteiger partial charge is 0.237 e. The summed E-state index contributed by atoms with van der Waals surface area (Å²) in [6, 6.07) is 0. The van der Waals surface area contributed by atoms with Crippen molar-refractivity contribution >= 4 is 50.7 Å². The van der Waals surface area contributed by atoms with Crippen LogP contribution in [-0.2, 0) is 9.59 Å². The van der Waals surface area contributed by atoms with Gasteiger partial charge >= 0.3 is 0 Å². The predicted octanol–water partition coefficient (Wildman–Crippen LogP) is 3.13. The number of rotatable bonds is 9. The van der Waals surface area contributed by atoms with Crippen LogP contribution in [-0.4, -0.2) is 27.6 Å². The van der Waals surface area contributed by atoms with E-state index in [9.17, 15) is 9.59 Å². The topological polar surface area (TPSA) is 58.9 Å². The van der Waals surface area contributed by atoms with E-state index in [0.717, 1.165) is 18.2 Å². The number of isocyanates is 2. The van der Waals surface area contributed by atoms with Crippen LogP contribution in [0.15, 0.2) is 9.98 Å². The van der Waals surface area contributed by atoms with Gasteiger partial charge in [0.15, 0.2) is 6.17 Å². The van der Waals surface area contributed by atoms with E-state index in [4.69, 9.17) is 0 Å². The molecule has 0 heterocycles. The number of hydrogen-bond donors (Lipinski definition) is 0. The van der Waals surface area contributed by atoms with Crippen LogP contribution in [0.2, 0.25) is 0 Å². The first-order valence-electron chi connectivity index (χ1n) is 5.08. The summed E-state index contributed by atoms with van der Waals surface area (Å²) >= 11 is 5.68. The highest BCUT2D eigenvalue weighted by Gasteiger charge is 2.12. The molecule has 0 radical (unpaired) electrons. The lowest BCUT2D eigenvalue weighted by Crippen LogP contribution is -2.09. The first-order chi connectivity index (χ1) is 7.74. The molecule has 0 saturated heterocycles. The molecule has 1 unspecified atom stereocenters. The minimum Gasteiger partial charge on any atom is -0.211 e. The number of hydrogen-bond acceptors (Lipinski definition) is 4. The van der Waals surface area contributed by atoms with E-state index < -0.39 is 6.17 Å². The fourth-order valence-corrected chi connectivity index (χ4v) is 2.53. The van der Waals surface area contributed by atoms with Crippen LogP contribution in [0.25, 0.3) is 0 Å². The third-order valence-corrected chi connectivity index (χ3v) is 3.71. The second kappa shape index (κ2) is 11.5. The van der Waals surface area contributed by atoms with Crippen molar-refractivity contribution in [2.75, 3.05) is 5.33 Å². The van der Waals surface area contributed by atoms with E-state index in [1.165, 1.54) is 25.0 Å². The van der Waals surface area contributed by atoms with Crippen LogP contribution in [0.1, 0.15) is 32.1 Å². The number of alkyl halides is 2. The second-order valence-electron chi connectivity index (χ2n) is 3.29. The maximum Gasteiger partial charge on any atom is 0.237 e. The molecule has 0 aromatic rings. The molecule has 0 spiro atoms. The zero-order valence-electron chi connectivity index (χ0n) is 8.86. The first-order valence-corrected chi connectivity index (χ1v) is 7.45. The normalized spacial score (nSPS) is 13.4. The molecule has 4 nitrogen and oxygen atoms in total. The van der Waals surface area contributed by atoms with E-state index in [-0.39, 0.29) is 0 Å². The van der Waals surface area contributed by atoms with Crippen molar-refractivity contribution in [3.8, 4) is 0 Å². The molecule has 0 aliphatic rings. The highest BCUT2D eigenvalue weighted by Crippen LogP contribution is 2.19. The van der Waals surface area contributed by atoms with Crippen LogP contribution < -0.4 is 0 Å². The van der Waals surface area contributed by atoms with E-state index in [0.29, 0.717) is 10.3 Å². The van der Waals surface area contributed by atoms with Crippen LogP contribution in [0.3, 0.4) is 0 Å². The van der Waals surface area contributed by atoms with Gasteiger partial charge in [0.2, 0.25) is 12.2 Å². The number of nitrogens with zero attached hydrogens (tertiary/aromatic N) is 2. The zero-order chi connectivity index (χ0) is 12.2. The Morgan fingerprint density at radius 3 is 2.25 bits per heavy atom. The van der Waals surface area contributed by atoms with Gasteiger partial charge in [0.25, 0.3) is 0 Å². The summed E-state index contributed by atoms with van der Waals surface area (Å²) in [5, 5.41) is 1.03. The average Bonchev–Trinajstić information content (AvgIpc) is 2.25. The number of halogens is 2. The Balaban J connectivity index is 3.85. The molecule has 1 atom stereocenters. The zero-order valence-corrected chi connectivity index (χ0v) is 12.6. The second-order valence-corrected chi connectivity index (χ2v) is 5.85. The highest BCUT2D eigenvalue weighted by atomic mass is 127. The number of unbranched alkanes of at least 4 members (excludes halogenated alkanes) is 2. The molecule has 0 aromatic carbocycles. The van der Waals surface area contributed by atoms with Gasteiger partial charge < -0.3 is 0 Å². The van der Waals surface area contributed by atoms with Gasteiger partial charge in [-0.25, -0.2) is 9.59 Å². The number of carbonyl (C=O) groups excluding carboxylic acids is 2. The molecule has 0 fully saturated rings. The minimum atomic E-state index is -0.604. The fourth-order valence-electron chi connectivity index (χ4n) is 1.24. The summed E-state index contributed by atoms with van der Waals surface area (Å²) < 4.78 is 0.368. The van der Waals surface area contributed by atoms with Crippen molar-refractivity contribution in [1.29, 1.82) is 0 Å². The maximum absolute atomic E-state index is 10.1. The van der Waals surface area contributed by atoms with Crippen LogP contribution >= 0.6 is 38.5 Å². The Morgan fingerprint density at radius 1 is 1.12 bits per heavy atom. The summed E-state index contributed by atoms with van der Waals surface area (Å²) in [6.45, 7) is 0. The molecule has 0 aromatic heterocycles. The standard InChI is InChI=1S/C10H14BrIN2O2/c11-5-3-1-2-4-9(12)6-10(13-7-15)14-8-16/h9-10H,1-6H2. The molecule has 90 valence electrons. The smallest absolute Gasteiger partial charge is 0.211 e. The Morgan fingerprint density at radius 2 is 1.75 bits per heavy atom. The SMILES string of the molecule is O=C=NC(CC(I)CCCCCBr)N=C=O. The van der Waals surface area contributed by atoms with Gasteiger partial charge in [0.1, 0.15) is 0 Å². The average molecular weight is 401 g/mol. The lowest BCUT2D eigenvalue weighted by Gasteiger charge is -2.10. The minimum absolute atomic E-state index is 0.368. The summed E-state index contributed by atoms with van der Waals surface area (Å²) in [4.78, 5) is 27.1. The predicted molar refractivity (Wildman–Crippen MR) is 74.7 cm³/mol. The van der Waals surface area contributed by atoms with Crippen molar-refractivity contribution in [3.05, 3.63) is 0 Å². The van der Waals surface area contributed by atoms with E-state index in [1.54, 1.807) is 0 Å². The molecule has 6 heteroatoms. The van der Waals surface area contributed by atoms with E-state index in [2.05, 4.69) is 48.5 Å². The molecule has 0 amide bonds. The van der Waals surface area contributed by atoms with Crippen molar-refractivity contribution in [3.63, 3.8) is 0 Å². The molecule has 0 aliphatic carbocycles. The van der Waals surface area contributed by atoms with Gasteiger partial charge in [0.05, 0.1) is 0 Å². The Bertz CT molecular complexity index is 258. The Hall–Kier alpha value is -0.0300. The molecule has 0 aliphatic heterocycles. The molecule has 0 rings (SSSR count). The third kappa shape index (κ3) is 9.21. The molecular formula is C10H14BrIN2O2. The number of aliphatic imine (C=N–C) groups is 2. The lowest BCUT2D eigenvalue weighted by molar-refractivity contribution is 0.534. The van der Waals surface area contributed by atoms with Crippen LogP contribution in [0.5, 0.6) is 0 Å². The van der Waals surface area contributed by atoms with Gasteiger partial charge in [-0.3, -0.25) is 0 Å². The van der Waals surface area contributed by atoms with Gasteiger partial charge in [-0.05, 0) is 12.8 Å². The van der Waals surface area contributed by atoms with Gasteiger partial charge in [0, 0.05) is 15.7 Å². The van der Waals surface area contributed by atoms with Gasteiger partial charge in [-0.1, -0.05) is 51.4 Å². The summed E-state index contributed by atoms with van der Waals surface area (Å²) in [5.41, 5.74) is 0. The third-order valence-electron chi connectivity index (χ3n) is 2.02. The van der Waals surface area contributed by atoms with Gasteiger partial charge in [-0.15, -0.1) is 0 Å². The van der Waals surface area contributed by atoms with Gasteiger partial charge in [-0.2, -0.15) is 9.98 Å². The monoisotopic (exact) mass is 400 g/mol. The van der Waals surface area contributed by atoms with Crippen LogP contribution in [0.4, 0.5) is 0 Å². The summed E-state index contributed by atoms with van der Waals surface area (Å²) in [5.74, 6) is 0. The van der Waals surface area contributed by atoms with Crippen molar-refractivity contribution in [1.82, 2.24) is 0 Å². The lowest BCUT2D eigenvalue weighted by atomic mass is 10.1. The molecule has 0 saturated carbocycles. The fraction of sp³-hybridized carbons (Fsp3) is 0.800. The Labute approximate surface area is 117 Å². The van der Waals surface area contributed by atoms with Crippen molar-refractivity contribution < 1.29 is 9.59 Å². The molecule has 0 N–H and O–H groups in total. The summed E-state index contributed by atoms with van der Waals surface area (Å²) in [7, 11) is 0. The Kier molecular flexibility index (Phi) is 11.4. The summed E-state index contributed by atoms with van der Waals surface area (Å²) in [6.07, 6.45) is 7.39. The van der Waals surface area contributed by atoms with Crippen molar-refractivity contribution in [2.45, 2.75) is 42.2 Å². The quantitative estimate of drug-likeness (QED) is 0.196. The highest BCUT2D eigenvalue weighted by molar-refractivity contribution is 14.1. The van der Waals surface area contributed by atoms with E-state index in [1.807, 2.05) is 0 Å².